The Kier molecular flexibility index (Phi) is 3.48. The molecule has 1 saturated carbocycles. The third kappa shape index (κ3) is 2.25. The van der Waals surface area contributed by atoms with Gasteiger partial charge in [-0.2, -0.15) is 0 Å². The van der Waals surface area contributed by atoms with E-state index in [-0.39, 0.29) is 5.82 Å². The number of aromatic nitrogens is 2. The van der Waals surface area contributed by atoms with E-state index in [9.17, 15) is 4.39 Å². The number of alkyl halides is 1. The summed E-state index contributed by atoms with van der Waals surface area (Å²) in [6, 6.07) is 5.28. The molecule has 19 heavy (non-hydrogen) atoms. The van der Waals surface area contributed by atoms with Crippen LogP contribution in [0.2, 0.25) is 0 Å². The van der Waals surface area contributed by atoms with Gasteiger partial charge in [0.05, 0.1) is 11.0 Å². The normalized spacial score (nSPS) is 17.6. The van der Waals surface area contributed by atoms with E-state index < -0.39 is 0 Å². The monoisotopic (exact) mass is 280 g/mol. The molecule has 1 heterocycles. The topological polar surface area (TPSA) is 17.8 Å². The zero-order valence-corrected chi connectivity index (χ0v) is 11.8. The third-order valence-electron chi connectivity index (χ3n) is 4.28. The first-order chi connectivity index (χ1) is 9.20. The van der Waals surface area contributed by atoms with Crippen molar-refractivity contribution in [3.8, 4) is 0 Å². The fourth-order valence-corrected chi connectivity index (χ4v) is 3.14. The highest BCUT2D eigenvalue weighted by Crippen LogP contribution is 2.38. The van der Waals surface area contributed by atoms with Crippen molar-refractivity contribution in [3.63, 3.8) is 0 Å². The molecule has 0 bridgehead atoms. The number of hydrogen-bond donors (Lipinski definition) is 0. The SMILES string of the molecule is CC(C1CCC1)n1c(CCCl)nc2cc(F)ccc21. The minimum atomic E-state index is -0.231. The van der Waals surface area contributed by atoms with Crippen LogP contribution in [0.25, 0.3) is 11.0 Å². The molecule has 0 saturated heterocycles. The molecule has 2 aromatic rings. The molecule has 1 fully saturated rings. The first-order valence-electron chi connectivity index (χ1n) is 6.93. The van der Waals surface area contributed by atoms with Gasteiger partial charge in [-0.05, 0) is 37.8 Å². The first-order valence-corrected chi connectivity index (χ1v) is 7.46. The Bertz CT molecular complexity index is 589. The van der Waals surface area contributed by atoms with Gasteiger partial charge in [0.1, 0.15) is 11.6 Å². The molecule has 0 radical (unpaired) electrons. The highest BCUT2D eigenvalue weighted by molar-refractivity contribution is 6.17. The number of aryl methyl sites for hydroxylation is 1. The zero-order chi connectivity index (χ0) is 13.4. The Balaban J connectivity index is 2.09. The van der Waals surface area contributed by atoms with Crippen molar-refractivity contribution in [2.45, 2.75) is 38.6 Å². The van der Waals surface area contributed by atoms with Gasteiger partial charge in [-0.1, -0.05) is 6.42 Å². The summed E-state index contributed by atoms with van der Waals surface area (Å²) in [6.45, 7) is 2.24. The average Bonchev–Trinajstić information content (AvgIpc) is 2.64. The number of nitrogens with zero attached hydrogens (tertiary/aromatic N) is 2. The first kappa shape index (κ1) is 12.9. The third-order valence-corrected chi connectivity index (χ3v) is 4.47. The number of imidazole rings is 1. The Morgan fingerprint density at radius 2 is 2.26 bits per heavy atom. The van der Waals surface area contributed by atoms with Crippen molar-refractivity contribution in [1.29, 1.82) is 0 Å². The highest BCUT2D eigenvalue weighted by Gasteiger charge is 2.27. The summed E-state index contributed by atoms with van der Waals surface area (Å²) in [6.07, 6.45) is 4.61. The van der Waals surface area contributed by atoms with Crippen molar-refractivity contribution in [1.82, 2.24) is 9.55 Å². The van der Waals surface area contributed by atoms with Crippen LogP contribution in [-0.2, 0) is 6.42 Å². The maximum absolute atomic E-state index is 13.3. The molecule has 4 heteroatoms. The molecular weight excluding hydrogens is 263 g/mol. The van der Waals surface area contributed by atoms with E-state index >= 15 is 0 Å². The van der Waals surface area contributed by atoms with Gasteiger partial charge in [0, 0.05) is 24.4 Å². The standard InChI is InChI=1S/C15H18ClFN2/c1-10(11-3-2-4-11)19-14-6-5-12(17)9-13(14)18-15(19)7-8-16/h5-6,9-11H,2-4,7-8H2,1H3. The van der Waals surface area contributed by atoms with Crippen LogP contribution >= 0.6 is 11.6 Å². The molecular formula is C15H18ClFN2. The van der Waals surface area contributed by atoms with Crippen LogP contribution in [0, 0.1) is 11.7 Å². The lowest BCUT2D eigenvalue weighted by Gasteiger charge is -2.33. The van der Waals surface area contributed by atoms with Gasteiger partial charge < -0.3 is 4.57 Å². The van der Waals surface area contributed by atoms with E-state index in [1.807, 2.05) is 6.07 Å². The minimum absolute atomic E-state index is 0.231. The van der Waals surface area contributed by atoms with Gasteiger partial charge in [-0.3, -0.25) is 0 Å². The quantitative estimate of drug-likeness (QED) is 0.763. The summed E-state index contributed by atoms with van der Waals surface area (Å²) < 4.78 is 15.6. The Morgan fingerprint density at radius 3 is 2.89 bits per heavy atom. The summed E-state index contributed by atoms with van der Waals surface area (Å²) in [5.41, 5.74) is 1.77. The lowest BCUT2D eigenvalue weighted by atomic mass is 9.80. The molecule has 1 aromatic carbocycles. The van der Waals surface area contributed by atoms with Crippen LogP contribution in [-0.4, -0.2) is 15.4 Å². The van der Waals surface area contributed by atoms with Crippen LogP contribution < -0.4 is 0 Å². The maximum Gasteiger partial charge on any atom is 0.125 e. The van der Waals surface area contributed by atoms with Crippen LogP contribution in [0.1, 0.15) is 38.1 Å². The number of hydrogen-bond acceptors (Lipinski definition) is 1. The highest BCUT2D eigenvalue weighted by atomic mass is 35.5. The second-order valence-corrected chi connectivity index (χ2v) is 5.78. The smallest absolute Gasteiger partial charge is 0.125 e. The van der Waals surface area contributed by atoms with Crippen LogP contribution in [0.3, 0.4) is 0 Å². The second-order valence-electron chi connectivity index (χ2n) is 5.40. The molecule has 1 aliphatic carbocycles. The predicted molar refractivity (Wildman–Crippen MR) is 76.2 cm³/mol. The lowest BCUT2D eigenvalue weighted by molar-refractivity contribution is 0.223. The summed E-state index contributed by atoms with van der Waals surface area (Å²) in [4.78, 5) is 4.56. The van der Waals surface area contributed by atoms with Crippen molar-refractivity contribution < 1.29 is 4.39 Å². The van der Waals surface area contributed by atoms with Gasteiger partial charge in [0.15, 0.2) is 0 Å². The molecule has 1 atom stereocenters. The molecule has 3 rings (SSSR count). The Morgan fingerprint density at radius 1 is 1.47 bits per heavy atom. The van der Waals surface area contributed by atoms with E-state index in [1.165, 1.54) is 31.4 Å². The largest absolute Gasteiger partial charge is 0.325 e. The van der Waals surface area contributed by atoms with Crippen molar-refractivity contribution in [3.05, 3.63) is 29.8 Å². The number of halogens is 2. The summed E-state index contributed by atoms with van der Waals surface area (Å²) in [7, 11) is 0. The number of rotatable bonds is 4. The van der Waals surface area contributed by atoms with Gasteiger partial charge in [0.2, 0.25) is 0 Å². The molecule has 0 aliphatic heterocycles. The van der Waals surface area contributed by atoms with E-state index in [0.29, 0.717) is 11.9 Å². The molecule has 0 N–H and O–H groups in total. The molecule has 102 valence electrons. The van der Waals surface area contributed by atoms with E-state index in [4.69, 9.17) is 11.6 Å². The maximum atomic E-state index is 13.3. The number of fused-ring (bicyclic) bond motifs is 1. The van der Waals surface area contributed by atoms with Gasteiger partial charge >= 0.3 is 0 Å². The lowest BCUT2D eigenvalue weighted by Crippen LogP contribution is -2.24. The Labute approximate surface area is 117 Å². The van der Waals surface area contributed by atoms with Gasteiger partial charge in [-0.15, -0.1) is 11.6 Å². The fourth-order valence-electron chi connectivity index (χ4n) is 2.97. The summed E-state index contributed by atoms with van der Waals surface area (Å²) in [5.74, 6) is 2.01. The zero-order valence-electron chi connectivity index (χ0n) is 11.1. The van der Waals surface area contributed by atoms with E-state index in [0.717, 1.165) is 29.2 Å². The van der Waals surface area contributed by atoms with Gasteiger partial charge in [-0.25, -0.2) is 9.37 Å². The minimum Gasteiger partial charge on any atom is -0.325 e. The second kappa shape index (κ2) is 5.12. The summed E-state index contributed by atoms with van der Waals surface area (Å²) in [5, 5.41) is 0. The summed E-state index contributed by atoms with van der Waals surface area (Å²) >= 11 is 5.87. The fraction of sp³-hybridized carbons (Fsp3) is 0.533. The van der Waals surface area contributed by atoms with Crippen LogP contribution in [0.15, 0.2) is 18.2 Å². The molecule has 0 amide bonds. The van der Waals surface area contributed by atoms with Crippen LogP contribution in [0.5, 0.6) is 0 Å². The molecule has 1 aliphatic rings. The molecule has 1 unspecified atom stereocenters. The van der Waals surface area contributed by atoms with E-state index in [1.54, 1.807) is 0 Å². The molecule has 1 aromatic heterocycles. The van der Waals surface area contributed by atoms with Crippen LogP contribution in [0.4, 0.5) is 4.39 Å². The van der Waals surface area contributed by atoms with Crippen molar-refractivity contribution >= 4 is 22.6 Å². The molecule has 0 spiro atoms. The van der Waals surface area contributed by atoms with Crippen molar-refractivity contribution in [2.75, 3.05) is 5.88 Å². The van der Waals surface area contributed by atoms with Crippen molar-refractivity contribution in [2.24, 2.45) is 5.92 Å². The van der Waals surface area contributed by atoms with E-state index in [2.05, 4.69) is 16.5 Å². The number of benzene rings is 1. The average molecular weight is 281 g/mol. The molecule has 2 nitrogen and oxygen atoms in total. The van der Waals surface area contributed by atoms with Gasteiger partial charge in [0.25, 0.3) is 0 Å². The Hall–Kier alpha value is -1.09. The predicted octanol–water partition coefficient (Wildman–Crippen LogP) is 4.32.